The van der Waals surface area contributed by atoms with Crippen LogP contribution in [-0.2, 0) is 19.2 Å². The van der Waals surface area contributed by atoms with Crippen molar-refractivity contribution in [2.45, 2.75) is 25.7 Å². The molecular formula is C30H23Br2NO6. The standard InChI is InChI=1S/C30H23Br2NO6/c1-13-9-22(34)26-21(27(13)35)12-19-17(24(26)20-10-15(32)11-23(39-2)28(20)36)7-8-18-25(19)30(38)33(29(18)37)16-5-3-14(31)4-6-16/h3-7,9-11,18-19,24-25,36H,8,12H2,1-2H3. The number of nitrogens with zero attached hydrogens (tertiary/aromatic N) is 1. The van der Waals surface area contributed by atoms with Crippen molar-refractivity contribution < 1.29 is 29.0 Å². The number of carbonyl (C=O) groups is 4. The van der Waals surface area contributed by atoms with Crippen molar-refractivity contribution in [2.24, 2.45) is 17.8 Å². The van der Waals surface area contributed by atoms with Crippen LogP contribution in [0.4, 0.5) is 5.69 Å². The topological polar surface area (TPSA) is 101 Å². The quantitative estimate of drug-likeness (QED) is 0.265. The Hall–Kier alpha value is -3.30. The van der Waals surface area contributed by atoms with Gasteiger partial charge < -0.3 is 9.84 Å². The molecule has 0 aromatic heterocycles. The van der Waals surface area contributed by atoms with Crippen LogP contribution < -0.4 is 9.64 Å². The number of rotatable bonds is 3. The molecule has 4 aliphatic rings. The number of Topliss-reactive ketones (excluding diaryl/α,β-unsaturated/α-hetero) is 1. The molecule has 2 aromatic carbocycles. The maximum Gasteiger partial charge on any atom is 0.238 e. The number of ketones is 2. The number of anilines is 1. The monoisotopic (exact) mass is 651 g/mol. The molecule has 4 unspecified atom stereocenters. The Morgan fingerprint density at radius 1 is 0.974 bits per heavy atom. The molecule has 4 atom stereocenters. The molecule has 198 valence electrons. The Bertz CT molecular complexity index is 1590. The van der Waals surface area contributed by atoms with E-state index in [9.17, 15) is 24.3 Å². The number of phenolic OH excluding ortho intramolecular Hbond substituents is 1. The number of aromatic hydroxyl groups is 1. The van der Waals surface area contributed by atoms with Crippen molar-refractivity contribution in [3.8, 4) is 11.5 Å². The lowest BCUT2D eigenvalue weighted by Gasteiger charge is -2.42. The van der Waals surface area contributed by atoms with Crippen LogP contribution in [0.1, 0.15) is 31.2 Å². The van der Waals surface area contributed by atoms with Gasteiger partial charge in [-0.3, -0.25) is 24.1 Å². The van der Waals surface area contributed by atoms with Crippen molar-refractivity contribution in [1.29, 1.82) is 0 Å². The Labute approximate surface area is 241 Å². The second kappa shape index (κ2) is 9.41. The summed E-state index contributed by atoms with van der Waals surface area (Å²) >= 11 is 6.86. The Balaban J connectivity index is 1.52. The molecule has 1 saturated heterocycles. The molecule has 7 nitrogen and oxygen atoms in total. The molecule has 2 aromatic rings. The van der Waals surface area contributed by atoms with Crippen molar-refractivity contribution in [3.05, 3.63) is 85.4 Å². The summed E-state index contributed by atoms with van der Waals surface area (Å²) in [6.07, 6.45) is 3.75. The molecule has 0 bridgehead atoms. The molecule has 6 rings (SSSR count). The van der Waals surface area contributed by atoms with E-state index in [0.717, 1.165) is 10.0 Å². The Morgan fingerprint density at radius 2 is 1.69 bits per heavy atom. The predicted octanol–water partition coefficient (Wildman–Crippen LogP) is 5.56. The molecule has 1 aliphatic heterocycles. The van der Waals surface area contributed by atoms with E-state index in [2.05, 4.69) is 31.9 Å². The normalized spacial score (nSPS) is 26.2. The van der Waals surface area contributed by atoms with Crippen LogP contribution in [-0.4, -0.2) is 35.6 Å². The second-order valence-corrected chi connectivity index (χ2v) is 12.1. The zero-order chi connectivity index (χ0) is 27.7. The van der Waals surface area contributed by atoms with Gasteiger partial charge in [-0.25, -0.2) is 0 Å². The summed E-state index contributed by atoms with van der Waals surface area (Å²) in [5.74, 6) is -3.58. The lowest BCUT2D eigenvalue weighted by molar-refractivity contribution is -0.123. The van der Waals surface area contributed by atoms with E-state index in [0.29, 0.717) is 38.9 Å². The smallest absolute Gasteiger partial charge is 0.238 e. The molecular weight excluding hydrogens is 630 g/mol. The van der Waals surface area contributed by atoms with E-state index in [1.165, 1.54) is 18.1 Å². The van der Waals surface area contributed by atoms with Gasteiger partial charge in [-0.15, -0.1) is 0 Å². The first-order valence-corrected chi connectivity index (χ1v) is 14.1. The third kappa shape index (κ3) is 3.89. The van der Waals surface area contributed by atoms with E-state index in [1.54, 1.807) is 43.3 Å². The van der Waals surface area contributed by atoms with E-state index >= 15 is 0 Å². The first kappa shape index (κ1) is 26.0. The largest absolute Gasteiger partial charge is 0.504 e. The number of amides is 2. The first-order chi connectivity index (χ1) is 18.6. The van der Waals surface area contributed by atoms with Gasteiger partial charge in [-0.2, -0.15) is 0 Å². The SMILES string of the molecule is COc1cc(Br)cc(C2C3=CCC4C(=O)N(c5ccc(Br)cc5)C(=O)C4C3CC3=C2C(=O)C=C(C)C3=O)c1O. The van der Waals surface area contributed by atoms with Gasteiger partial charge in [0, 0.05) is 37.1 Å². The van der Waals surface area contributed by atoms with Gasteiger partial charge >= 0.3 is 0 Å². The third-order valence-corrected chi connectivity index (χ3v) is 9.23. The minimum absolute atomic E-state index is 0.141. The highest BCUT2D eigenvalue weighted by atomic mass is 79.9. The molecule has 2 amide bonds. The minimum Gasteiger partial charge on any atom is -0.504 e. The zero-order valence-corrected chi connectivity index (χ0v) is 24.2. The lowest BCUT2D eigenvalue weighted by atomic mass is 9.59. The van der Waals surface area contributed by atoms with Crippen LogP contribution >= 0.6 is 31.9 Å². The number of fused-ring (bicyclic) bond motifs is 3. The van der Waals surface area contributed by atoms with Gasteiger partial charge in [0.15, 0.2) is 23.1 Å². The number of imide groups is 1. The summed E-state index contributed by atoms with van der Waals surface area (Å²) < 4.78 is 6.83. The van der Waals surface area contributed by atoms with Crippen LogP contribution in [0.5, 0.6) is 11.5 Å². The van der Waals surface area contributed by atoms with E-state index in [4.69, 9.17) is 4.74 Å². The van der Waals surface area contributed by atoms with Gasteiger partial charge in [-0.05, 0) is 68.2 Å². The molecule has 0 saturated carbocycles. The maximum absolute atomic E-state index is 13.9. The highest BCUT2D eigenvalue weighted by Crippen LogP contribution is 2.57. The summed E-state index contributed by atoms with van der Waals surface area (Å²) in [4.78, 5) is 55.6. The number of carbonyl (C=O) groups excluding carboxylic acids is 4. The predicted molar refractivity (Wildman–Crippen MR) is 150 cm³/mol. The van der Waals surface area contributed by atoms with Crippen LogP contribution in [0.2, 0.25) is 0 Å². The van der Waals surface area contributed by atoms with Crippen molar-refractivity contribution in [2.75, 3.05) is 12.0 Å². The Morgan fingerprint density at radius 3 is 2.38 bits per heavy atom. The molecule has 0 spiro atoms. The number of halogens is 2. The van der Waals surface area contributed by atoms with Crippen molar-refractivity contribution in [1.82, 2.24) is 0 Å². The summed E-state index contributed by atoms with van der Waals surface area (Å²) in [5.41, 5.74) is 2.64. The van der Waals surface area contributed by atoms with E-state index in [1.807, 2.05) is 6.08 Å². The molecule has 1 fully saturated rings. The average Bonchev–Trinajstić information content (AvgIpc) is 3.17. The minimum atomic E-state index is -0.767. The number of hydrogen-bond donors (Lipinski definition) is 1. The van der Waals surface area contributed by atoms with Crippen LogP contribution in [0.3, 0.4) is 0 Å². The zero-order valence-electron chi connectivity index (χ0n) is 21.0. The third-order valence-electron chi connectivity index (χ3n) is 8.25. The van der Waals surface area contributed by atoms with Crippen LogP contribution in [0.15, 0.2) is 79.8 Å². The fourth-order valence-corrected chi connectivity index (χ4v) is 7.27. The average molecular weight is 653 g/mol. The molecule has 0 radical (unpaired) electrons. The summed E-state index contributed by atoms with van der Waals surface area (Å²) in [7, 11) is 1.44. The molecule has 1 N–H and O–H groups in total. The second-order valence-electron chi connectivity index (χ2n) is 10.3. The molecule has 1 heterocycles. The fraction of sp³-hybridized carbons (Fsp3) is 0.267. The van der Waals surface area contributed by atoms with Gasteiger partial charge in [0.1, 0.15) is 0 Å². The number of ether oxygens (including phenoxy) is 1. The Kier molecular flexibility index (Phi) is 6.26. The van der Waals surface area contributed by atoms with Gasteiger partial charge in [-0.1, -0.05) is 43.5 Å². The number of hydrogen-bond acceptors (Lipinski definition) is 6. The number of phenols is 1. The summed E-state index contributed by atoms with van der Waals surface area (Å²) in [6, 6.07) is 10.3. The first-order valence-electron chi connectivity index (χ1n) is 12.5. The molecule has 9 heteroatoms. The van der Waals surface area contributed by atoms with Gasteiger partial charge in [0.2, 0.25) is 11.8 Å². The summed E-state index contributed by atoms with van der Waals surface area (Å²) in [6.45, 7) is 1.60. The maximum atomic E-state index is 13.9. The van der Waals surface area contributed by atoms with E-state index < -0.39 is 23.7 Å². The highest BCUT2D eigenvalue weighted by molar-refractivity contribution is 9.10. The van der Waals surface area contributed by atoms with Crippen LogP contribution in [0, 0.1) is 17.8 Å². The number of benzene rings is 2. The number of allylic oxidation sites excluding steroid dienone is 6. The fourth-order valence-electron chi connectivity index (χ4n) is 6.55. The lowest BCUT2D eigenvalue weighted by Crippen LogP contribution is -2.39. The van der Waals surface area contributed by atoms with E-state index in [-0.39, 0.29) is 41.3 Å². The molecule has 3 aliphatic carbocycles. The number of methoxy groups -OCH3 is 1. The van der Waals surface area contributed by atoms with Gasteiger partial charge in [0.05, 0.1) is 24.6 Å². The van der Waals surface area contributed by atoms with Crippen LogP contribution in [0.25, 0.3) is 0 Å². The van der Waals surface area contributed by atoms with Crippen molar-refractivity contribution >= 4 is 60.9 Å². The van der Waals surface area contributed by atoms with Crippen molar-refractivity contribution in [3.63, 3.8) is 0 Å². The highest BCUT2D eigenvalue weighted by Gasteiger charge is 2.56. The molecule has 39 heavy (non-hydrogen) atoms. The van der Waals surface area contributed by atoms with Gasteiger partial charge in [0.25, 0.3) is 0 Å². The summed E-state index contributed by atoms with van der Waals surface area (Å²) in [5, 5.41) is 11.2.